The highest BCUT2D eigenvalue weighted by atomic mass is 16.3. The van der Waals surface area contributed by atoms with Crippen LogP contribution in [0.25, 0.3) is 0 Å². The summed E-state index contributed by atoms with van der Waals surface area (Å²) in [4.78, 5) is 2.10. The summed E-state index contributed by atoms with van der Waals surface area (Å²) in [5, 5.41) is 21.8. The van der Waals surface area contributed by atoms with E-state index in [-0.39, 0.29) is 12.0 Å². The van der Waals surface area contributed by atoms with Crippen molar-refractivity contribution in [2.75, 3.05) is 25.1 Å². The Kier molecular flexibility index (Phi) is 5.82. The lowest BCUT2D eigenvalue weighted by Crippen LogP contribution is -2.41. The molecular weight excluding hydrogens is 274 g/mol. The second kappa shape index (κ2) is 7.62. The fourth-order valence-corrected chi connectivity index (χ4v) is 3.23. The van der Waals surface area contributed by atoms with Gasteiger partial charge in [-0.1, -0.05) is 25.5 Å². The quantitative estimate of drug-likeness (QED) is 0.813. The number of rotatable bonds is 7. The maximum atomic E-state index is 9.59. The van der Waals surface area contributed by atoms with E-state index in [0.29, 0.717) is 12.5 Å². The number of hydrogen-bond acceptors (Lipinski definition) is 4. The molecule has 2 atom stereocenters. The Labute approximate surface area is 133 Å². The Balaban J connectivity index is 1.88. The third-order valence-corrected chi connectivity index (χ3v) is 4.93. The second-order valence-electron chi connectivity index (χ2n) is 6.63. The molecule has 1 aromatic rings. The lowest BCUT2D eigenvalue weighted by atomic mass is 9.86. The molecule has 4 nitrogen and oxygen atoms in total. The van der Waals surface area contributed by atoms with Gasteiger partial charge in [0.2, 0.25) is 0 Å². The maximum Gasteiger partial charge on any atom is 0.0640 e. The van der Waals surface area contributed by atoms with Crippen molar-refractivity contribution in [1.82, 2.24) is 5.32 Å². The van der Waals surface area contributed by atoms with E-state index in [4.69, 9.17) is 5.26 Å². The van der Waals surface area contributed by atoms with Gasteiger partial charge < -0.3 is 15.3 Å². The van der Waals surface area contributed by atoms with Crippen LogP contribution in [0.15, 0.2) is 24.3 Å². The number of anilines is 1. The van der Waals surface area contributed by atoms with E-state index in [1.165, 1.54) is 12.0 Å². The Hall–Kier alpha value is -1.57. The molecule has 1 aromatic carbocycles. The van der Waals surface area contributed by atoms with E-state index < -0.39 is 0 Å². The minimum Gasteiger partial charge on any atom is -0.396 e. The van der Waals surface area contributed by atoms with E-state index in [0.717, 1.165) is 31.6 Å². The summed E-state index contributed by atoms with van der Waals surface area (Å²) in [6.07, 6.45) is 3.98. The van der Waals surface area contributed by atoms with Gasteiger partial charge in [0.05, 0.1) is 12.5 Å². The molecule has 0 amide bonds. The van der Waals surface area contributed by atoms with Gasteiger partial charge in [0.15, 0.2) is 0 Å². The molecule has 0 heterocycles. The van der Waals surface area contributed by atoms with Gasteiger partial charge in [-0.25, -0.2) is 0 Å². The van der Waals surface area contributed by atoms with Crippen LogP contribution in [0.3, 0.4) is 0 Å². The van der Waals surface area contributed by atoms with Gasteiger partial charge in [-0.3, -0.25) is 0 Å². The SMILES string of the molecule is CN(CCC#N)c1ccc(CNC2CCCC2(C)CO)cc1. The summed E-state index contributed by atoms with van der Waals surface area (Å²) in [5.41, 5.74) is 2.42. The molecule has 0 aromatic heterocycles. The molecule has 1 aliphatic rings. The Morgan fingerprint density at radius 1 is 1.41 bits per heavy atom. The number of hydrogen-bond donors (Lipinski definition) is 2. The van der Waals surface area contributed by atoms with Crippen LogP contribution >= 0.6 is 0 Å². The summed E-state index contributed by atoms with van der Waals surface area (Å²) >= 11 is 0. The van der Waals surface area contributed by atoms with Gasteiger partial charge in [-0.05, 0) is 30.5 Å². The number of nitriles is 1. The summed E-state index contributed by atoms with van der Waals surface area (Å²) in [5.74, 6) is 0. The van der Waals surface area contributed by atoms with Crippen LogP contribution in [0.1, 0.15) is 38.2 Å². The average Bonchev–Trinajstić information content (AvgIpc) is 2.92. The Bertz CT molecular complexity index is 508. The summed E-state index contributed by atoms with van der Waals surface area (Å²) < 4.78 is 0. The van der Waals surface area contributed by atoms with E-state index in [9.17, 15) is 5.11 Å². The number of benzene rings is 1. The van der Waals surface area contributed by atoms with Crippen molar-refractivity contribution in [3.8, 4) is 6.07 Å². The van der Waals surface area contributed by atoms with Crippen molar-refractivity contribution >= 4 is 5.69 Å². The Morgan fingerprint density at radius 3 is 2.77 bits per heavy atom. The highest BCUT2D eigenvalue weighted by molar-refractivity contribution is 5.46. The third-order valence-electron chi connectivity index (χ3n) is 4.93. The van der Waals surface area contributed by atoms with Crippen LogP contribution in [0.5, 0.6) is 0 Å². The van der Waals surface area contributed by atoms with Crippen LogP contribution in [0.2, 0.25) is 0 Å². The first-order valence-corrected chi connectivity index (χ1v) is 8.10. The van der Waals surface area contributed by atoms with Gasteiger partial charge in [0.1, 0.15) is 0 Å². The first-order chi connectivity index (χ1) is 10.6. The zero-order valence-electron chi connectivity index (χ0n) is 13.7. The number of nitrogens with one attached hydrogen (secondary N) is 1. The van der Waals surface area contributed by atoms with Crippen LogP contribution < -0.4 is 10.2 Å². The topological polar surface area (TPSA) is 59.3 Å². The lowest BCUT2D eigenvalue weighted by molar-refractivity contribution is 0.118. The molecular formula is C18H27N3O. The predicted molar refractivity (Wildman–Crippen MR) is 89.6 cm³/mol. The van der Waals surface area contributed by atoms with E-state index in [2.05, 4.69) is 47.5 Å². The first-order valence-electron chi connectivity index (χ1n) is 8.10. The normalized spacial score (nSPS) is 24.2. The highest BCUT2D eigenvalue weighted by Gasteiger charge is 2.37. The minimum absolute atomic E-state index is 0.0253. The number of nitrogens with zero attached hydrogens (tertiary/aromatic N) is 2. The van der Waals surface area contributed by atoms with Crippen molar-refractivity contribution in [1.29, 1.82) is 5.26 Å². The summed E-state index contributed by atoms with van der Waals surface area (Å²) in [7, 11) is 2.01. The van der Waals surface area contributed by atoms with Crippen molar-refractivity contribution in [3.63, 3.8) is 0 Å². The Morgan fingerprint density at radius 2 is 2.14 bits per heavy atom. The number of aliphatic hydroxyl groups excluding tert-OH is 1. The zero-order valence-corrected chi connectivity index (χ0v) is 13.7. The molecule has 2 rings (SSSR count). The average molecular weight is 301 g/mol. The largest absolute Gasteiger partial charge is 0.396 e. The smallest absolute Gasteiger partial charge is 0.0640 e. The van der Waals surface area contributed by atoms with Crippen LogP contribution in [-0.2, 0) is 6.54 Å². The maximum absolute atomic E-state index is 9.59. The summed E-state index contributed by atoms with van der Waals surface area (Å²) in [6, 6.07) is 11.1. The van der Waals surface area contributed by atoms with E-state index in [1.807, 2.05) is 7.05 Å². The van der Waals surface area contributed by atoms with Gasteiger partial charge in [-0.2, -0.15) is 5.26 Å². The molecule has 0 bridgehead atoms. The van der Waals surface area contributed by atoms with E-state index >= 15 is 0 Å². The van der Waals surface area contributed by atoms with E-state index in [1.54, 1.807) is 0 Å². The molecule has 0 saturated heterocycles. The van der Waals surface area contributed by atoms with Crippen molar-refractivity contribution < 1.29 is 5.11 Å². The molecule has 1 saturated carbocycles. The first kappa shape index (κ1) is 16.8. The minimum atomic E-state index is 0.0253. The van der Waals surface area contributed by atoms with Crippen molar-refractivity contribution in [3.05, 3.63) is 29.8 Å². The molecule has 1 aliphatic carbocycles. The zero-order chi connectivity index (χ0) is 16.0. The van der Waals surface area contributed by atoms with Crippen molar-refractivity contribution in [2.24, 2.45) is 5.41 Å². The van der Waals surface area contributed by atoms with Crippen molar-refractivity contribution in [2.45, 2.75) is 45.2 Å². The number of aliphatic hydroxyl groups is 1. The molecule has 120 valence electrons. The second-order valence-corrected chi connectivity index (χ2v) is 6.63. The highest BCUT2D eigenvalue weighted by Crippen LogP contribution is 2.37. The third kappa shape index (κ3) is 4.00. The molecule has 4 heteroatoms. The molecule has 0 spiro atoms. The fraction of sp³-hybridized carbons (Fsp3) is 0.611. The molecule has 2 N–H and O–H groups in total. The standard InChI is InChI=1S/C18H27N3O/c1-18(14-22)10-3-5-17(18)20-13-15-6-8-16(9-7-15)21(2)12-4-11-19/h6-9,17,20,22H,3-5,10,12-14H2,1-2H3. The lowest BCUT2D eigenvalue weighted by Gasteiger charge is -2.30. The molecule has 1 fully saturated rings. The molecule has 0 aliphatic heterocycles. The van der Waals surface area contributed by atoms with Gasteiger partial charge in [-0.15, -0.1) is 0 Å². The predicted octanol–water partition coefficient (Wildman–Crippen LogP) is 2.68. The monoisotopic (exact) mass is 301 g/mol. The van der Waals surface area contributed by atoms with Gasteiger partial charge >= 0.3 is 0 Å². The molecule has 22 heavy (non-hydrogen) atoms. The van der Waals surface area contributed by atoms with Gasteiger partial charge in [0, 0.05) is 43.9 Å². The van der Waals surface area contributed by atoms with Crippen LogP contribution in [-0.4, -0.2) is 31.3 Å². The van der Waals surface area contributed by atoms with Crippen LogP contribution in [0.4, 0.5) is 5.69 Å². The molecule has 2 unspecified atom stereocenters. The summed E-state index contributed by atoms with van der Waals surface area (Å²) in [6.45, 7) is 4.02. The molecule has 0 radical (unpaired) electrons. The van der Waals surface area contributed by atoms with Crippen LogP contribution in [0, 0.1) is 16.7 Å². The van der Waals surface area contributed by atoms with Gasteiger partial charge in [0.25, 0.3) is 0 Å². The fourth-order valence-electron chi connectivity index (χ4n) is 3.23.